The van der Waals surface area contributed by atoms with Crippen molar-refractivity contribution < 1.29 is 14.6 Å². The van der Waals surface area contributed by atoms with Crippen LogP contribution in [0.25, 0.3) is 0 Å². The number of aliphatic hydroxyl groups is 2. The van der Waals surface area contributed by atoms with E-state index < -0.39 is 14.4 Å². The SMILES string of the molecule is CC(C)(C)[Si](OCCC/C=C/C=C/C=C/CCC(O)C#CCO)(c1ccccc1)c1ccccc1. The Morgan fingerprint density at radius 3 is 1.91 bits per heavy atom. The molecule has 4 heteroatoms. The van der Waals surface area contributed by atoms with E-state index in [1.807, 2.05) is 24.3 Å². The van der Waals surface area contributed by atoms with Gasteiger partial charge in [0.15, 0.2) is 0 Å². The molecule has 0 fully saturated rings. The van der Waals surface area contributed by atoms with Crippen LogP contribution in [0.15, 0.2) is 97.1 Å². The molecule has 0 aliphatic carbocycles. The zero-order valence-corrected chi connectivity index (χ0v) is 22.4. The molecule has 1 unspecified atom stereocenters. The summed E-state index contributed by atoms with van der Waals surface area (Å²) in [4.78, 5) is 0. The van der Waals surface area contributed by atoms with Crippen molar-refractivity contribution >= 4 is 18.7 Å². The predicted octanol–water partition coefficient (Wildman–Crippen LogP) is 5.15. The van der Waals surface area contributed by atoms with Crippen molar-refractivity contribution in [3.05, 3.63) is 97.1 Å². The molecule has 0 bridgehead atoms. The van der Waals surface area contributed by atoms with Gasteiger partial charge in [-0.2, -0.15) is 0 Å². The molecule has 186 valence electrons. The van der Waals surface area contributed by atoms with Crippen molar-refractivity contribution in [2.24, 2.45) is 0 Å². The molecular weight excluding hydrogens is 448 g/mol. The van der Waals surface area contributed by atoms with Crippen molar-refractivity contribution in [3.8, 4) is 11.8 Å². The fraction of sp³-hybridized carbons (Fsp3) is 0.355. The quantitative estimate of drug-likeness (QED) is 0.188. The van der Waals surface area contributed by atoms with Gasteiger partial charge >= 0.3 is 0 Å². The lowest BCUT2D eigenvalue weighted by atomic mass is 10.2. The first-order valence-corrected chi connectivity index (χ1v) is 14.3. The van der Waals surface area contributed by atoms with Gasteiger partial charge in [-0.3, -0.25) is 0 Å². The highest BCUT2D eigenvalue weighted by atomic mass is 28.4. The summed E-state index contributed by atoms with van der Waals surface area (Å²) in [5.74, 6) is 5.06. The Kier molecular flexibility index (Phi) is 12.5. The minimum Gasteiger partial charge on any atom is -0.407 e. The Morgan fingerprint density at radius 1 is 0.857 bits per heavy atom. The number of unbranched alkanes of at least 4 members (excludes halogenated alkanes) is 1. The first-order chi connectivity index (χ1) is 16.9. The van der Waals surface area contributed by atoms with E-state index in [1.54, 1.807) is 0 Å². The Labute approximate surface area is 213 Å². The molecule has 1 atom stereocenters. The summed E-state index contributed by atoms with van der Waals surface area (Å²) in [7, 11) is -2.44. The Balaban J connectivity index is 1.89. The van der Waals surface area contributed by atoms with E-state index in [-0.39, 0.29) is 11.6 Å². The van der Waals surface area contributed by atoms with Crippen LogP contribution in [-0.2, 0) is 4.43 Å². The van der Waals surface area contributed by atoms with Crippen LogP contribution >= 0.6 is 0 Å². The molecule has 0 saturated carbocycles. The van der Waals surface area contributed by atoms with E-state index in [0.717, 1.165) is 25.9 Å². The first-order valence-electron chi connectivity index (χ1n) is 12.4. The van der Waals surface area contributed by atoms with Crippen LogP contribution < -0.4 is 10.4 Å². The molecule has 2 rings (SSSR count). The second kappa shape index (κ2) is 15.3. The second-order valence-electron chi connectivity index (χ2n) is 9.47. The summed E-state index contributed by atoms with van der Waals surface area (Å²) < 4.78 is 6.91. The predicted molar refractivity (Wildman–Crippen MR) is 150 cm³/mol. The topological polar surface area (TPSA) is 49.7 Å². The number of allylic oxidation sites excluding steroid dienone is 6. The molecule has 0 saturated heterocycles. The van der Waals surface area contributed by atoms with Gasteiger partial charge < -0.3 is 14.6 Å². The van der Waals surface area contributed by atoms with Crippen LogP contribution in [-0.4, -0.2) is 37.8 Å². The second-order valence-corrected chi connectivity index (χ2v) is 13.8. The maximum atomic E-state index is 9.59. The zero-order valence-electron chi connectivity index (χ0n) is 21.4. The van der Waals surface area contributed by atoms with Gasteiger partial charge in [-0.05, 0) is 41.1 Å². The van der Waals surface area contributed by atoms with E-state index in [4.69, 9.17) is 9.53 Å². The monoisotopic (exact) mass is 488 g/mol. The van der Waals surface area contributed by atoms with E-state index in [9.17, 15) is 5.11 Å². The minimum absolute atomic E-state index is 0.00205. The van der Waals surface area contributed by atoms with Crippen LogP contribution in [0.4, 0.5) is 0 Å². The third-order valence-corrected chi connectivity index (χ3v) is 10.9. The molecule has 0 heterocycles. The van der Waals surface area contributed by atoms with Crippen LogP contribution in [0, 0.1) is 11.8 Å². The van der Waals surface area contributed by atoms with Crippen LogP contribution in [0.5, 0.6) is 0 Å². The Bertz CT molecular complexity index is 953. The van der Waals surface area contributed by atoms with Crippen molar-refractivity contribution in [2.45, 2.75) is 57.6 Å². The molecule has 35 heavy (non-hydrogen) atoms. The molecule has 0 aromatic heterocycles. The van der Waals surface area contributed by atoms with Gasteiger partial charge in [0.2, 0.25) is 0 Å². The average Bonchev–Trinajstić information content (AvgIpc) is 2.86. The zero-order chi connectivity index (χ0) is 25.4. The largest absolute Gasteiger partial charge is 0.407 e. The molecule has 2 N–H and O–H groups in total. The highest BCUT2D eigenvalue weighted by Gasteiger charge is 2.49. The molecule has 0 amide bonds. The summed E-state index contributed by atoms with van der Waals surface area (Å²) >= 11 is 0. The standard InChI is InChI=1S/C31H40O3Si/c1-31(2,3)35(29-22-14-11-15-23-29,30-24-16-12-17-25-30)34-27-18-10-8-6-4-5-7-9-13-20-28(33)21-19-26-32/h4-9,11-12,14-17,22-25,28,32-33H,10,13,18,20,26-27H2,1-3H3/b5-4+,8-6+,9-7+. The smallest absolute Gasteiger partial charge is 0.261 e. The van der Waals surface area contributed by atoms with Crippen LogP contribution in [0.2, 0.25) is 5.04 Å². The minimum atomic E-state index is -2.44. The van der Waals surface area contributed by atoms with Crippen molar-refractivity contribution in [2.75, 3.05) is 13.2 Å². The molecule has 0 aliphatic rings. The number of aliphatic hydroxyl groups excluding tert-OH is 2. The molecule has 3 nitrogen and oxygen atoms in total. The third kappa shape index (κ3) is 9.12. The molecule has 2 aromatic rings. The number of benzene rings is 2. The fourth-order valence-corrected chi connectivity index (χ4v) is 8.76. The van der Waals surface area contributed by atoms with Gasteiger partial charge in [-0.1, -0.05) is 130 Å². The maximum absolute atomic E-state index is 9.59. The Hall–Kier alpha value is -2.68. The van der Waals surface area contributed by atoms with E-state index in [1.165, 1.54) is 10.4 Å². The van der Waals surface area contributed by atoms with Gasteiger partial charge in [-0.15, -0.1) is 0 Å². The summed E-state index contributed by atoms with van der Waals surface area (Å²) in [5, 5.41) is 20.8. The molecule has 0 aliphatic heterocycles. The molecular formula is C31H40O3Si. The van der Waals surface area contributed by atoms with E-state index in [0.29, 0.717) is 6.42 Å². The van der Waals surface area contributed by atoms with Gasteiger partial charge in [-0.25, -0.2) is 0 Å². The fourth-order valence-electron chi connectivity index (χ4n) is 4.16. The summed E-state index contributed by atoms with van der Waals surface area (Å²) in [6, 6.07) is 21.5. The van der Waals surface area contributed by atoms with E-state index >= 15 is 0 Å². The van der Waals surface area contributed by atoms with Crippen LogP contribution in [0.3, 0.4) is 0 Å². The lowest BCUT2D eigenvalue weighted by Gasteiger charge is -2.43. The lowest BCUT2D eigenvalue weighted by molar-refractivity contribution is 0.223. The van der Waals surface area contributed by atoms with Crippen molar-refractivity contribution in [1.29, 1.82) is 0 Å². The number of hydrogen-bond donors (Lipinski definition) is 2. The van der Waals surface area contributed by atoms with Gasteiger partial charge in [0.05, 0.1) is 0 Å². The maximum Gasteiger partial charge on any atom is 0.261 e. The Morgan fingerprint density at radius 2 is 1.40 bits per heavy atom. The normalized spacial score (nSPS) is 13.4. The van der Waals surface area contributed by atoms with Crippen molar-refractivity contribution in [1.82, 2.24) is 0 Å². The first kappa shape index (κ1) is 28.6. The summed E-state index contributed by atoms with van der Waals surface area (Å²) in [5.41, 5.74) is 0. The molecule has 0 spiro atoms. The molecule has 2 aromatic carbocycles. The highest BCUT2D eigenvalue weighted by Crippen LogP contribution is 2.36. The van der Waals surface area contributed by atoms with Gasteiger partial charge in [0.1, 0.15) is 12.7 Å². The average molecular weight is 489 g/mol. The molecule has 0 radical (unpaired) electrons. The third-order valence-electron chi connectivity index (χ3n) is 5.81. The van der Waals surface area contributed by atoms with Gasteiger partial charge in [0, 0.05) is 6.61 Å². The summed E-state index contributed by atoms with van der Waals surface area (Å²) in [6.07, 6.45) is 14.8. The summed E-state index contributed by atoms with van der Waals surface area (Å²) in [6.45, 7) is 7.43. The van der Waals surface area contributed by atoms with E-state index in [2.05, 4.69) is 105 Å². The van der Waals surface area contributed by atoms with Gasteiger partial charge in [0.25, 0.3) is 8.32 Å². The number of rotatable bonds is 12. The highest BCUT2D eigenvalue weighted by molar-refractivity contribution is 6.99. The number of hydrogen-bond acceptors (Lipinski definition) is 3. The van der Waals surface area contributed by atoms with Crippen LogP contribution in [0.1, 0.15) is 46.5 Å². The lowest BCUT2D eigenvalue weighted by Crippen LogP contribution is -2.66. The van der Waals surface area contributed by atoms with Crippen molar-refractivity contribution in [3.63, 3.8) is 0 Å².